The van der Waals surface area contributed by atoms with E-state index in [1.165, 1.54) is 0 Å². The van der Waals surface area contributed by atoms with Crippen molar-refractivity contribution in [3.05, 3.63) is 30.3 Å². The standard InChI is InChI=1S/C17H27NO2/c1-6-15(20-14-10-8-7-9-11-14)17(19)18-16(12(2)3)13(4)5/h7-13,15-16H,6H2,1-5H3,(H,18,19)/t15-/m1/s1. The van der Waals surface area contributed by atoms with E-state index >= 15 is 0 Å². The molecule has 20 heavy (non-hydrogen) atoms. The van der Waals surface area contributed by atoms with Gasteiger partial charge in [-0.15, -0.1) is 0 Å². The number of para-hydroxylation sites is 1. The molecule has 0 bridgehead atoms. The van der Waals surface area contributed by atoms with Crippen LogP contribution in [0, 0.1) is 11.8 Å². The number of carbonyl (C=O) groups is 1. The number of amides is 1. The smallest absolute Gasteiger partial charge is 0.261 e. The van der Waals surface area contributed by atoms with E-state index in [-0.39, 0.29) is 11.9 Å². The Balaban J connectivity index is 2.67. The van der Waals surface area contributed by atoms with Crippen LogP contribution >= 0.6 is 0 Å². The first-order chi connectivity index (χ1) is 9.45. The number of nitrogens with one attached hydrogen (secondary N) is 1. The average Bonchev–Trinajstić information content (AvgIpc) is 2.42. The normalized spacial score (nSPS) is 12.8. The average molecular weight is 277 g/mol. The molecule has 0 fully saturated rings. The topological polar surface area (TPSA) is 38.3 Å². The van der Waals surface area contributed by atoms with Crippen LogP contribution in [0.3, 0.4) is 0 Å². The predicted molar refractivity (Wildman–Crippen MR) is 82.8 cm³/mol. The van der Waals surface area contributed by atoms with Gasteiger partial charge in [0.25, 0.3) is 5.91 Å². The molecule has 0 radical (unpaired) electrons. The van der Waals surface area contributed by atoms with Gasteiger partial charge in [0.2, 0.25) is 0 Å². The van der Waals surface area contributed by atoms with Crippen LogP contribution in [0.15, 0.2) is 30.3 Å². The van der Waals surface area contributed by atoms with Crippen molar-refractivity contribution in [3.63, 3.8) is 0 Å². The molecule has 3 nitrogen and oxygen atoms in total. The second-order valence-corrected chi connectivity index (χ2v) is 5.85. The molecular formula is C17H27NO2. The summed E-state index contributed by atoms with van der Waals surface area (Å²) in [4.78, 5) is 12.4. The zero-order valence-corrected chi connectivity index (χ0v) is 13.2. The van der Waals surface area contributed by atoms with E-state index < -0.39 is 6.10 Å². The van der Waals surface area contributed by atoms with Gasteiger partial charge in [-0.2, -0.15) is 0 Å². The van der Waals surface area contributed by atoms with Crippen LogP contribution in [0.25, 0.3) is 0 Å². The fraction of sp³-hybridized carbons (Fsp3) is 0.588. The third-order valence-corrected chi connectivity index (χ3v) is 3.43. The lowest BCUT2D eigenvalue weighted by Crippen LogP contribution is -2.48. The van der Waals surface area contributed by atoms with Gasteiger partial charge in [0, 0.05) is 6.04 Å². The first kappa shape index (κ1) is 16.5. The summed E-state index contributed by atoms with van der Waals surface area (Å²) in [5, 5.41) is 3.12. The maximum atomic E-state index is 12.4. The highest BCUT2D eigenvalue weighted by atomic mass is 16.5. The van der Waals surface area contributed by atoms with E-state index in [0.717, 1.165) is 5.75 Å². The molecule has 0 unspecified atom stereocenters. The van der Waals surface area contributed by atoms with Crippen molar-refractivity contribution in [2.45, 2.75) is 53.2 Å². The lowest BCUT2D eigenvalue weighted by atomic mass is 9.93. The van der Waals surface area contributed by atoms with Crippen LogP contribution in [0.5, 0.6) is 5.75 Å². The summed E-state index contributed by atoms with van der Waals surface area (Å²) in [7, 11) is 0. The zero-order valence-electron chi connectivity index (χ0n) is 13.2. The van der Waals surface area contributed by atoms with Gasteiger partial charge in [-0.25, -0.2) is 0 Å². The third-order valence-electron chi connectivity index (χ3n) is 3.43. The molecule has 1 rings (SSSR count). The van der Waals surface area contributed by atoms with E-state index in [2.05, 4.69) is 33.0 Å². The van der Waals surface area contributed by atoms with Gasteiger partial charge >= 0.3 is 0 Å². The summed E-state index contributed by atoms with van der Waals surface area (Å²) in [6, 6.07) is 9.67. The molecule has 0 heterocycles. The molecule has 3 heteroatoms. The predicted octanol–water partition coefficient (Wildman–Crippen LogP) is 3.64. The van der Waals surface area contributed by atoms with Crippen LogP contribution in [-0.2, 0) is 4.79 Å². The maximum absolute atomic E-state index is 12.4. The van der Waals surface area contributed by atoms with Gasteiger partial charge in [0.05, 0.1) is 0 Å². The molecule has 1 aromatic carbocycles. The highest BCUT2D eigenvalue weighted by Crippen LogP contribution is 2.15. The quantitative estimate of drug-likeness (QED) is 0.826. The summed E-state index contributed by atoms with van der Waals surface area (Å²) >= 11 is 0. The second kappa shape index (κ2) is 7.93. The van der Waals surface area contributed by atoms with Gasteiger partial charge in [-0.05, 0) is 30.4 Å². The lowest BCUT2D eigenvalue weighted by molar-refractivity contribution is -0.129. The molecule has 0 saturated carbocycles. The summed E-state index contributed by atoms with van der Waals surface area (Å²) in [5.74, 6) is 1.53. The van der Waals surface area contributed by atoms with Crippen molar-refractivity contribution in [2.75, 3.05) is 0 Å². The van der Waals surface area contributed by atoms with Crippen molar-refractivity contribution in [1.29, 1.82) is 0 Å². The van der Waals surface area contributed by atoms with Gasteiger partial charge < -0.3 is 10.1 Å². The maximum Gasteiger partial charge on any atom is 0.261 e. The molecule has 0 spiro atoms. The minimum absolute atomic E-state index is 0.0243. The SMILES string of the molecule is CC[C@@H](Oc1ccccc1)C(=O)NC(C(C)C)C(C)C. The van der Waals surface area contributed by atoms with E-state index in [0.29, 0.717) is 18.3 Å². The Morgan fingerprint density at radius 3 is 2.10 bits per heavy atom. The summed E-state index contributed by atoms with van der Waals surface area (Å²) in [6.45, 7) is 10.5. The molecule has 0 aliphatic carbocycles. The zero-order chi connectivity index (χ0) is 15.1. The second-order valence-electron chi connectivity index (χ2n) is 5.85. The van der Waals surface area contributed by atoms with Crippen LogP contribution in [0.4, 0.5) is 0 Å². The van der Waals surface area contributed by atoms with Gasteiger partial charge in [-0.1, -0.05) is 52.8 Å². The number of carbonyl (C=O) groups excluding carboxylic acids is 1. The molecule has 1 aromatic rings. The van der Waals surface area contributed by atoms with Gasteiger partial charge in [0.1, 0.15) is 5.75 Å². The number of hydrogen-bond donors (Lipinski definition) is 1. The lowest BCUT2D eigenvalue weighted by Gasteiger charge is -2.28. The number of rotatable bonds is 7. The molecular weight excluding hydrogens is 250 g/mol. The largest absolute Gasteiger partial charge is 0.481 e. The number of ether oxygens (including phenoxy) is 1. The molecule has 1 N–H and O–H groups in total. The van der Waals surface area contributed by atoms with Gasteiger partial charge in [0.15, 0.2) is 6.10 Å². The summed E-state index contributed by atoms with van der Waals surface area (Å²) < 4.78 is 5.77. The number of hydrogen-bond acceptors (Lipinski definition) is 2. The minimum Gasteiger partial charge on any atom is -0.481 e. The molecule has 0 saturated heterocycles. The fourth-order valence-electron chi connectivity index (χ4n) is 2.35. The molecule has 0 aliphatic rings. The number of benzene rings is 1. The van der Waals surface area contributed by atoms with Crippen molar-refractivity contribution in [1.82, 2.24) is 5.32 Å². The fourth-order valence-corrected chi connectivity index (χ4v) is 2.35. The molecule has 1 amide bonds. The van der Waals surface area contributed by atoms with Gasteiger partial charge in [-0.3, -0.25) is 4.79 Å². The van der Waals surface area contributed by atoms with Crippen LogP contribution in [0.2, 0.25) is 0 Å². The van der Waals surface area contributed by atoms with Crippen LogP contribution < -0.4 is 10.1 Å². The highest BCUT2D eigenvalue weighted by molar-refractivity contribution is 5.81. The Morgan fingerprint density at radius 2 is 1.65 bits per heavy atom. The van der Waals surface area contributed by atoms with E-state index in [1.807, 2.05) is 37.3 Å². The first-order valence-corrected chi connectivity index (χ1v) is 7.47. The Morgan fingerprint density at radius 1 is 1.10 bits per heavy atom. The van der Waals surface area contributed by atoms with E-state index in [1.54, 1.807) is 0 Å². The first-order valence-electron chi connectivity index (χ1n) is 7.47. The summed E-state index contributed by atoms with van der Waals surface area (Å²) in [6.07, 6.45) is 0.223. The van der Waals surface area contributed by atoms with Crippen molar-refractivity contribution >= 4 is 5.91 Å². The minimum atomic E-state index is -0.433. The molecule has 0 aliphatic heterocycles. The third kappa shape index (κ3) is 4.87. The Labute approximate surface area is 122 Å². The monoisotopic (exact) mass is 277 g/mol. The van der Waals surface area contributed by atoms with Crippen molar-refractivity contribution in [2.24, 2.45) is 11.8 Å². The Bertz CT molecular complexity index is 393. The van der Waals surface area contributed by atoms with Crippen molar-refractivity contribution in [3.8, 4) is 5.75 Å². The molecule has 112 valence electrons. The van der Waals surface area contributed by atoms with Crippen molar-refractivity contribution < 1.29 is 9.53 Å². The van der Waals surface area contributed by atoms with E-state index in [4.69, 9.17) is 4.74 Å². The summed E-state index contributed by atoms with van der Waals surface area (Å²) in [5.41, 5.74) is 0. The van der Waals surface area contributed by atoms with Crippen LogP contribution in [-0.4, -0.2) is 18.1 Å². The van der Waals surface area contributed by atoms with Crippen LogP contribution in [0.1, 0.15) is 41.0 Å². The van der Waals surface area contributed by atoms with E-state index in [9.17, 15) is 4.79 Å². The molecule has 0 aromatic heterocycles. The molecule has 1 atom stereocenters. The Kier molecular flexibility index (Phi) is 6.56. The Hall–Kier alpha value is -1.51. The highest BCUT2D eigenvalue weighted by Gasteiger charge is 2.25.